The van der Waals surface area contributed by atoms with Gasteiger partial charge < -0.3 is 9.67 Å². The number of aliphatic hydroxyl groups excluding tert-OH is 1. The maximum Gasteiger partial charge on any atom is 0.195 e. The van der Waals surface area contributed by atoms with E-state index < -0.39 is 0 Å². The van der Waals surface area contributed by atoms with E-state index in [-0.39, 0.29) is 18.1 Å². The Bertz CT molecular complexity index is 364. The lowest BCUT2D eigenvalue weighted by atomic mass is 9.93. The van der Waals surface area contributed by atoms with Gasteiger partial charge >= 0.3 is 0 Å². The van der Waals surface area contributed by atoms with Crippen molar-refractivity contribution in [2.45, 2.75) is 39.2 Å². The van der Waals surface area contributed by atoms with E-state index in [9.17, 15) is 5.11 Å². The molecule has 0 aliphatic rings. The van der Waals surface area contributed by atoms with Gasteiger partial charge in [0.1, 0.15) is 5.82 Å². The number of aromatic amines is 1. The zero-order chi connectivity index (χ0) is 10.9. The van der Waals surface area contributed by atoms with Crippen molar-refractivity contribution in [3.05, 3.63) is 10.6 Å². The zero-order valence-corrected chi connectivity index (χ0v) is 9.85. The molecule has 80 valence electrons. The van der Waals surface area contributed by atoms with Crippen molar-refractivity contribution >= 4 is 12.2 Å². The van der Waals surface area contributed by atoms with Crippen LogP contribution in [-0.4, -0.2) is 26.5 Å². The normalized spacial score (nSPS) is 12.4. The maximum atomic E-state index is 9.26. The summed E-state index contributed by atoms with van der Waals surface area (Å²) in [5, 5.41) is 16.2. The molecule has 5 heteroatoms. The third kappa shape index (κ3) is 1.88. The average Bonchev–Trinajstić information content (AvgIpc) is 2.47. The van der Waals surface area contributed by atoms with E-state index in [2.05, 4.69) is 10.2 Å². The lowest BCUT2D eigenvalue weighted by Gasteiger charge is -2.23. The van der Waals surface area contributed by atoms with E-state index in [0.29, 0.717) is 4.77 Å². The van der Waals surface area contributed by atoms with Crippen molar-refractivity contribution in [1.29, 1.82) is 0 Å². The highest BCUT2D eigenvalue weighted by molar-refractivity contribution is 7.71. The number of H-pyrrole nitrogens is 1. The number of hydrogen-bond acceptors (Lipinski definition) is 3. The summed E-state index contributed by atoms with van der Waals surface area (Å²) in [5.41, 5.74) is -0.363. The topological polar surface area (TPSA) is 53.8 Å². The Morgan fingerprint density at radius 2 is 2.14 bits per heavy atom. The Labute approximate surface area is 89.0 Å². The molecule has 0 spiro atoms. The molecule has 1 heterocycles. The molecule has 0 atom stereocenters. The van der Waals surface area contributed by atoms with Crippen LogP contribution in [0.4, 0.5) is 0 Å². The lowest BCUT2D eigenvalue weighted by Crippen LogP contribution is -2.27. The minimum atomic E-state index is -0.363. The Balaban J connectivity index is 3.29. The summed E-state index contributed by atoms with van der Waals surface area (Å²) in [6, 6.07) is 0.252. The van der Waals surface area contributed by atoms with Gasteiger partial charge in [0.05, 0.1) is 6.61 Å². The van der Waals surface area contributed by atoms with Gasteiger partial charge in [-0.2, -0.15) is 5.10 Å². The molecule has 0 saturated carbocycles. The largest absolute Gasteiger partial charge is 0.395 e. The molecular formula is C9H17N3OS. The van der Waals surface area contributed by atoms with E-state index in [1.165, 1.54) is 0 Å². The number of nitrogens with one attached hydrogen (secondary N) is 1. The summed E-state index contributed by atoms with van der Waals surface area (Å²) in [6.07, 6.45) is 0. The van der Waals surface area contributed by atoms with Gasteiger partial charge in [0, 0.05) is 11.5 Å². The third-order valence-electron chi connectivity index (χ3n) is 2.22. The minimum absolute atomic E-state index is 0.0549. The molecule has 0 bridgehead atoms. The molecule has 0 aliphatic heterocycles. The first kappa shape index (κ1) is 11.4. The van der Waals surface area contributed by atoms with Gasteiger partial charge in [0.2, 0.25) is 0 Å². The zero-order valence-electron chi connectivity index (χ0n) is 9.03. The first-order valence-electron chi connectivity index (χ1n) is 4.68. The van der Waals surface area contributed by atoms with E-state index >= 15 is 0 Å². The van der Waals surface area contributed by atoms with Crippen LogP contribution in [-0.2, 0) is 5.41 Å². The number of aliphatic hydroxyl groups is 1. The van der Waals surface area contributed by atoms with Crippen LogP contribution in [0, 0.1) is 4.77 Å². The van der Waals surface area contributed by atoms with Gasteiger partial charge in [-0.05, 0) is 26.1 Å². The molecule has 0 aliphatic carbocycles. The molecule has 1 rings (SSSR count). The van der Waals surface area contributed by atoms with Crippen LogP contribution in [0.2, 0.25) is 0 Å². The fourth-order valence-corrected chi connectivity index (χ4v) is 1.67. The Morgan fingerprint density at radius 3 is 2.57 bits per heavy atom. The maximum absolute atomic E-state index is 9.26. The Kier molecular flexibility index (Phi) is 3.11. The molecule has 0 aromatic carbocycles. The molecule has 14 heavy (non-hydrogen) atoms. The van der Waals surface area contributed by atoms with Crippen LogP contribution in [0.3, 0.4) is 0 Å². The van der Waals surface area contributed by atoms with Crippen LogP contribution in [0.25, 0.3) is 0 Å². The summed E-state index contributed by atoms with van der Waals surface area (Å²) in [7, 11) is 0. The molecule has 1 aromatic rings. The predicted octanol–water partition coefficient (Wildman–Crippen LogP) is 1.79. The predicted molar refractivity (Wildman–Crippen MR) is 57.9 cm³/mol. The number of rotatable bonds is 3. The highest BCUT2D eigenvalue weighted by Crippen LogP contribution is 2.23. The van der Waals surface area contributed by atoms with E-state index in [1.807, 2.05) is 32.3 Å². The second kappa shape index (κ2) is 3.82. The third-order valence-corrected chi connectivity index (χ3v) is 2.51. The monoisotopic (exact) mass is 215 g/mol. The molecule has 2 N–H and O–H groups in total. The van der Waals surface area contributed by atoms with Crippen molar-refractivity contribution in [1.82, 2.24) is 14.8 Å². The highest BCUT2D eigenvalue weighted by Gasteiger charge is 2.26. The smallest absolute Gasteiger partial charge is 0.195 e. The van der Waals surface area contributed by atoms with Crippen molar-refractivity contribution in [3.8, 4) is 0 Å². The fraction of sp³-hybridized carbons (Fsp3) is 0.778. The average molecular weight is 215 g/mol. The van der Waals surface area contributed by atoms with Gasteiger partial charge in [-0.15, -0.1) is 0 Å². The van der Waals surface area contributed by atoms with Crippen LogP contribution in [0.5, 0.6) is 0 Å². The minimum Gasteiger partial charge on any atom is -0.395 e. The SMILES string of the molecule is CC(C)n1c(C(C)(C)CO)n[nH]c1=S. The summed E-state index contributed by atoms with van der Waals surface area (Å²) < 4.78 is 2.54. The molecule has 0 radical (unpaired) electrons. The molecule has 4 nitrogen and oxygen atoms in total. The number of hydrogen-bond donors (Lipinski definition) is 2. The summed E-state index contributed by atoms with van der Waals surface area (Å²) in [5.74, 6) is 0.806. The van der Waals surface area contributed by atoms with Gasteiger partial charge in [0.25, 0.3) is 0 Å². The van der Waals surface area contributed by atoms with Gasteiger partial charge in [-0.3, -0.25) is 5.10 Å². The van der Waals surface area contributed by atoms with Gasteiger partial charge in [0.15, 0.2) is 4.77 Å². The first-order valence-corrected chi connectivity index (χ1v) is 5.09. The van der Waals surface area contributed by atoms with Crippen molar-refractivity contribution in [2.24, 2.45) is 0 Å². The van der Waals surface area contributed by atoms with Gasteiger partial charge in [-0.1, -0.05) is 13.8 Å². The Hall–Kier alpha value is -0.680. The molecule has 0 amide bonds. The van der Waals surface area contributed by atoms with E-state index in [0.717, 1.165) is 5.82 Å². The fourth-order valence-electron chi connectivity index (χ4n) is 1.33. The quantitative estimate of drug-likeness (QED) is 0.756. The van der Waals surface area contributed by atoms with E-state index in [1.54, 1.807) is 0 Å². The first-order chi connectivity index (χ1) is 6.40. The van der Waals surface area contributed by atoms with Crippen LogP contribution >= 0.6 is 12.2 Å². The van der Waals surface area contributed by atoms with Gasteiger partial charge in [-0.25, -0.2) is 0 Å². The molecule has 0 unspecified atom stereocenters. The standard InChI is InChI=1S/C9H17N3OS/c1-6(2)12-7(9(3,4)5-13)10-11-8(12)14/h6,13H,5H2,1-4H3,(H,11,14). The van der Waals surface area contributed by atoms with Crippen molar-refractivity contribution < 1.29 is 5.11 Å². The van der Waals surface area contributed by atoms with Crippen LogP contribution in [0.1, 0.15) is 39.6 Å². The number of aromatic nitrogens is 3. The van der Waals surface area contributed by atoms with E-state index in [4.69, 9.17) is 12.2 Å². The molecule has 0 saturated heterocycles. The molecule has 0 fully saturated rings. The highest BCUT2D eigenvalue weighted by atomic mass is 32.1. The van der Waals surface area contributed by atoms with Crippen LogP contribution < -0.4 is 0 Å². The van der Waals surface area contributed by atoms with Crippen LogP contribution in [0.15, 0.2) is 0 Å². The number of nitrogens with zero attached hydrogens (tertiary/aromatic N) is 2. The summed E-state index contributed by atoms with van der Waals surface area (Å²) in [4.78, 5) is 0. The molecule has 1 aromatic heterocycles. The summed E-state index contributed by atoms with van der Waals surface area (Å²) >= 11 is 5.13. The lowest BCUT2D eigenvalue weighted by molar-refractivity contribution is 0.206. The second-order valence-corrected chi connectivity index (χ2v) is 4.74. The van der Waals surface area contributed by atoms with Crippen molar-refractivity contribution in [2.75, 3.05) is 6.61 Å². The second-order valence-electron chi connectivity index (χ2n) is 4.36. The molecular weight excluding hydrogens is 198 g/mol. The van der Waals surface area contributed by atoms with Crippen molar-refractivity contribution in [3.63, 3.8) is 0 Å². The Morgan fingerprint density at radius 1 is 1.57 bits per heavy atom. The summed E-state index contributed by atoms with van der Waals surface area (Å²) in [6.45, 7) is 8.03.